The van der Waals surface area contributed by atoms with Gasteiger partial charge in [0.15, 0.2) is 0 Å². The van der Waals surface area contributed by atoms with Crippen LogP contribution in [0.5, 0.6) is 0 Å². The molecule has 11 heteroatoms. The molecule has 5 rings (SSSR count). The van der Waals surface area contributed by atoms with Crippen LogP contribution in [-0.2, 0) is 25.6 Å². The van der Waals surface area contributed by atoms with Crippen LogP contribution in [0, 0.1) is 5.92 Å². The number of fused-ring (bicyclic) bond motifs is 2. The van der Waals surface area contributed by atoms with E-state index in [1.807, 2.05) is 68.4 Å². The number of amides is 5. The molecule has 0 saturated carbocycles. The highest BCUT2D eigenvalue weighted by Crippen LogP contribution is 2.20. The Kier molecular flexibility index (Phi) is 9.75. The quantitative estimate of drug-likeness (QED) is 0.412. The van der Waals surface area contributed by atoms with E-state index in [2.05, 4.69) is 20.9 Å². The summed E-state index contributed by atoms with van der Waals surface area (Å²) in [6.45, 7) is 5.25. The van der Waals surface area contributed by atoms with Crippen molar-refractivity contribution >= 4 is 40.4 Å². The molecule has 236 valence electrons. The lowest BCUT2D eigenvalue weighted by Gasteiger charge is -2.30. The summed E-state index contributed by atoms with van der Waals surface area (Å²) in [6, 6.07) is 17.2. The number of carbonyl (C=O) groups is 5. The Hall–Kier alpha value is -4.80. The Labute approximate surface area is 262 Å². The van der Waals surface area contributed by atoms with Crippen LogP contribution in [0.3, 0.4) is 0 Å². The van der Waals surface area contributed by atoms with Gasteiger partial charge in [-0.1, -0.05) is 68.4 Å². The number of nitrogens with one attached hydrogen (secondary N) is 3. The summed E-state index contributed by atoms with van der Waals surface area (Å²) in [4.78, 5) is 75.5. The number of hydrogen-bond donors (Lipinski definition) is 3. The zero-order chi connectivity index (χ0) is 32.1. The van der Waals surface area contributed by atoms with Crippen molar-refractivity contribution in [2.24, 2.45) is 5.92 Å². The third kappa shape index (κ3) is 7.47. The first-order valence-electron chi connectivity index (χ1n) is 15.5. The van der Waals surface area contributed by atoms with Crippen LogP contribution in [0.4, 0.5) is 0 Å². The average molecular weight is 613 g/mol. The van der Waals surface area contributed by atoms with Crippen molar-refractivity contribution in [3.63, 3.8) is 0 Å². The molecule has 2 aromatic carbocycles. The van der Waals surface area contributed by atoms with Gasteiger partial charge in [0.1, 0.15) is 23.8 Å². The van der Waals surface area contributed by atoms with E-state index >= 15 is 0 Å². The molecule has 4 atom stereocenters. The van der Waals surface area contributed by atoms with Gasteiger partial charge in [0.25, 0.3) is 5.91 Å². The van der Waals surface area contributed by atoms with Gasteiger partial charge in [0.05, 0.1) is 18.1 Å². The number of rotatable bonds is 4. The maximum absolute atomic E-state index is 14.0. The first-order chi connectivity index (χ1) is 21.6. The molecule has 0 bridgehead atoms. The van der Waals surface area contributed by atoms with Gasteiger partial charge in [0.2, 0.25) is 23.6 Å². The van der Waals surface area contributed by atoms with Crippen molar-refractivity contribution in [3.05, 3.63) is 78.0 Å². The second kappa shape index (κ2) is 13.9. The Morgan fingerprint density at radius 3 is 2.40 bits per heavy atom. The Bertz CT molecular complexity index is 1580. The molecule has 0 radical (unpaired) electrons. The molecule has 11 nitrogen and oxygen atoms in total. The van der Waals surface area contributed by atoms with Crippen LogP contribution >= 0.6 is 0 Å². The van der Waals surface area contributed by atoms with Crippen LogP contribution in [0.2, 0.25) is 0 Å². The highest BCUT2D eigenvalue weighted by molar-refractivity contribution is 5.98. The number of hydrogen-bond acceptors (Lipinski definition) is 6. The second-order valence-electron chi connectivity index (χ2n) is 12.2. The standard InChI is InChI=1S/C34H40N6O5/c1-21(2)30-32(43)36-25(18-23-10-5-4-6-11-23)19-39(34(45)27-16-15-24-12-7-8-13-26(24)37-27)20-29(41)35-22(3)33(44)40-17-9-14-28(40)31(42)38-30/h4-8,10-13,15-16,21-22,25,28,30H,9,14,17-20H2,1-3H3,(H,35,41)(H,36,43)(H,38,42)/t22-,25-,28+,30-/m0/s1. The van der Waals surface area contributed by atoms with Crippen molar-refractivity contribution < 1.29 is 24.0 Å². The number of pyridine rings is 1. The minimum Gasteiger partial charge on any atom is -0.349 e. The molecule has 3 heterocycles. The summed E-state index contributed by atoms with van der Waals surface area (Å²) >= 11 is 0. The molecule has 1 aromatic heterocycles. The van der Waals surface area contributed by atoms with Crippen molar-refractivity contribution in [1.82, 2.24) is 30.7 Å². The largest absolute Gasteiger partial charge is 0.349 e. The fourth-order valence-corrected chi connectivity index (χ4v) is 6.04. The van der Waals surface area contributed by atoms with Crippen molar-refractivity contribution in [2.75, 3.05) is 19.6 Å². The van der Waals surface area contributed by atoms with Crippen LogP contribution < -0.4 is 16.0 Å². The number of carbonyl (C=O) groups excluding carboxylic acids is 5. The van der Waals surface area contributed by atoms with E-state index in [-0.39, 0.29) is 24.7 Å². The molecule has 3 N–H and O–H groups in total. The number of aromatic nitrogens is 1. The molecule has 0 aliphatic carbocycles. The number of para-hydroxylation sites is 1. The van der Waals surface area contributed by atoms with Gasteiger partial charge in [-0.05, 0) is 49.8 Å². The van der Waals surface area contributed by atoms with Crippen LogP contribution in [0.15, 0.2) is 66.7 Å². The van der Waals surface area contributed by atoms with Crippen LogP contribution in [0.1, 0.15) is 49.7 Å². The van der Waals surface area contributed by atoms with Crippen molar-refractivity contribution in [2.45, 2.75) is 64.2 Å². The van der Waals surface area contributed by atoms with Gasteiger partial charge in [-0.2, -0.15) is 0 Å². The zero-order valence-corrected chi connectivity index (χ0v) is 25.9. The third-order valence-corrected chi connectivity index (χ3v) is 8.38. The van der Waals surface area contributed by atoms with Gasteiger partial charge in [-0.25, -0.2) is 4.98 Å². The van der Waals surface area contributed by atoms with Gasteiger partial charge in [0, 0.05) is 18.5 Å². The predicted molar refractivity (Wildman–Crippen MR) is 169 cm³/mol. The lowest BCUT2D eigenvalue weighted by Crippen LogP contribution is -2.58. The molecular weight excluding hydrogens is 572 g/mol. The van der Waals surface area contributed by atoms with Crippen LogP contribution in [0.25, 0.3) is 10.9 Å². The molecule has 2 saturated heterocycles. The first kappa shape index (κ1) is 31.6. The highest BCUT2D eigenvalue weighted by atomic mass is 16.2. The summed E-state index contributed by atoms with van der Waals surface area (Å²) in [5.74, 6) is -2.47. The van der Waals surface area contributed by atoms with E-state index in [1.165, 1.54) is 9.80 Å². The number of nitrogens with zero attached hydrogens (tertiary/aromatic N) is 3. The Balaban J connectivity index is 1.52. The molecule has 45 heavy (non-hydrogen) atoms. The third-order valence-electron chi connectivity index (χ3n) is 8.38. The Morgan fingerprint density at radius 2 is 1.64 bits per heavy atom. The molecule has 0 unspecified atom stereocenters. The van der Waals surface area contributed by atoms with Gasteiger partial charge in [-0.3, -0.25) is 24.0 Å². The summed E-state index contributed by atoms with van der Waals surface area (Å²) < 4.78 is 0. The molecule has 2 aliphatic heterocycles. The maximum Gasteiger partial charge on any atom is 0.273 e. The topological polar surface area (TPSA) is 141 Å². The summed E-state index contributed by atoms with van der Waals surface area (Å²) in [5.41, 5.74) is 1.71. The highest BCUT2D eigenvalue weighted by Gasteiger charge is 2.39. The molecular formula is C34H40N6O5. The van der Waals surface area contributed by atoms with Gasteiger partial charge in [-0.15, -0.1) is 0 Å². The van der Waals surface area contributed by atoms with E-state index in [0.717, 1.165) is 10.9 Å². The number of benzene rings is 2. The maximum atomic E-state index is 14.0. The molecule has 2 aliphatic rings. The first-order valence-corrected chi connectivity index (χ1v) is 15.5. The lowest BCUT2D eigenvalue weighted by molar-refractivity contribution is -0.142. The lowest BCUT2D eigenvalue weighted by atomic mass is 10.00. The molecule has 2 fully saturated rings. The zero-order valence-electron chi connectivity index (χ0n) is 25.9. The van der Waals surface area contributed by atoms with Crippen molar-refractivity contribution in [3.8, 4) is 0 Å². The monoisotopic (exact) mass is 612 g/mol. The summed E-state index contributed by atoms with van der Waals surface area (Å²) in [7, 11) is 0. The SMILES string of the molecule is CC(C)[C@@H]1NC(=O)[C@H]2CCCN2C(=O)[C@H](C)NC(=O)CN(C(=O)c2ccc3ccccc3n2)C[C@H](Cc2ccccc2)NC1=O. The van der Waals surface area contributed by atoms with E-state index in [9.17, 15) is 24.0 Å². The minimum atomic E-state index is -0.924. The van der Waals surface area contributed by atoms with E-state index in [4.69, 9.17) is 0 Å². The van der Waals surface area contributed by atoms with Crippen molar-refractivity contribution in [1.29, 1.82) is 0 Å². The Morgan fingerprint density at radius 1 is 0.911 bits per heavy atom. The smallest absolute Gasteiger partial charge is 0.273 e. The summed E-state index contributed by atoms with van der Waals surface area (Å²) in [5, 5.41) is 9.55. The molecule has 0 spiro atoms. The van der Waals surface area contributed by atoms with E-state index in [1.54, 1.807) is 19.1 Å². The fourth-order valence-electron chi connectivity index (χ4n) is 6.04. The van der Waals surface area contributed by atoms with Gasteiger partial charge >= 0.3 is 0 Å². The van der Waals surface area contributed by atoms with E-state index in [0.29, 0.717) is 31.3 Å². The second-order valence-corrected chi connectivity index (χ2v) is 12.2. The van der Waals surface area contributed by atoms with Crippen LogP contribution in [-0.4, -0.2) is 88.1 Å². The fraction of sp³-hybridized carbons (Fsp3) is 0.412. The van der Waals surface area contributed by atoms with Gasteiger partial charge < -0.3 is 25.8 Å². The predicted octanol–water partition coefficient (Wildman–Crippen LogP) is 2.05. The summed E-state index contributed by atoms with van der Waals surface area (Å²) in [6.07, 6.45) is 1.46. The molecule has 3 aromatic rings. The molecule has 5 amide bonds. The average Bonchev–Trinajstić information content (AvgIpc) is 3.52. The van der Waals surface area contributed by atoms with E-state index < -0.39 is 53.7 Å². The minimum absolute atomic E-state index is 0.0166. The normalized spacial score (nSPS) is 23.6.